The van der Waals surface area contributed by atoms with Gasteiger partial charge in [-0.3, -0.25) is 0 Å². The highest BCUT2D eigenvalue weighted by atomic mass is 15.2. The lowest BCUT2D eigenvalue weighted by Crippen LogP contribution is -2.32. The summed E-state index contributed by atoms with van der Waals surface area (Å²) < 4.78 is 0. The third kappa shape index (κ3) is 6.20. The molecule has 1 unspecified atom stereocenters. The Morgan fingerprint density at radius 3 is 1.86 bits per heavy atom. The van der Waals surface area contributed by atoms with Gasteiger partial charge in [-0.25, -0.2) is 0 Å². The first-order valence-electron chi connectivity index (χ1n) is 7.91. The second kappa shape index (κ2) is 9.44. The van der Waals surface area contributed by atoms with Crippen molar-refractivity contribution in [3.63, 3.8) is 0 Å². The summed E-state index contributed by atoms with van der Waals surface area (Å²) in [7, 11) is 0. The molecule has 0 saturated heterocycles. The molecule has 1 heteroatoms. The Labute approximate surface area is 132 Å². The van der Waals surface area contributed by atoms with Crippen LogP contribution in [0.25, 0.3) is 0 Å². The van der Waals surface area contributed by atoms with Crippen molar-refractivity contribution in [2.45, 2.75) is 66.8 Å². The average molecular weight is 287 g/mol. The SMILES string of the molecule is C=C(C)/C(C)=C/C=C(/C)C(=C)N(C(=C)C)C(CC)CCC. The molecule has 0 aliphatic carbocycles. The smallest absolute Gasteiger partial charge is 0.0367 e. The highest BCUT2D eigenvalue weighted by Crippen LogP contribution is 2.25. The maximum absolute atomic E-state index is 4.30. The summed E-state index contributed by atoms with van der Waals surface area (Å²) >= 11 is 0. The number of rotatable bonds is 9. The summed E-state index contributed by atoms with van der Waals surface area (Å²) in [6, 6.07) is 0.481. The van der Waals surface area contributed by atoms with Crippen LogP contribution in [-0.4, -0.2) is 10.9 Å². The van der Waals surface area contributed by atoms with Crippen molar-refractivity contribution in [3.05, 3.63) is 60.0 Å². The highest BCUT2D eigenvalue weighted by Gasteiger charge is 2.18. The topological polar surface area (TPSA) is 3.24 Å². The van der Waals surface area contributed by atoms with Crippen molar-refractivity contribution in [1.29, 1.82) is 0 Å². The molecule has 0 aromatic heterocycles. The van der Waals surface area contributed by atoms with E-state index in [1.165, 1.54) is 17.6 Å². The maximum Gasteiger partial charge on any atom is 0.0367 e. The predicted octanol–water partition coefficient (Wildman–Crippen LogP) is 6.38. The van der Waals surface area contributed by atoms with E-state index in [2.05, 4.69) is 71.4 Å². The molecule has 0 fully saturated rings. The van der Waals surface area contributed by atoms with Crippen LogP contribution in [-0.2, 0) is 0 Å². The van der Waals surface area contributed by atoms with Crippen LogP contribution in [0.3, 0.4) is 0 Å². The third-order valence-corrected chi connectivity index (χ3v) is 3.87. The second-order valence-corrected chi connectivity index (χ2v) is 5.88. The predicted molar refractivity (Wildman–Crippen MR) is 97.1 cm³/mol. The van der Waals surface area contributed by atoms with Crippen LogP contribution in [0, 0.1) is 0 Å². The number of hydrogen-bond acceptors (Lipinski definition) is 1. The van der Waals surface area contributed by atoms with Gasteiger partial charge < -0.3 is 4.90 Å². The molecule has 0 radical (unpaired) electrons. The van der Waals surface area contributed by atoms with Gasteiger partial charge in [0.1, 0.15) is 0 Å². The fraction of sp³-hybridized carbons (Fsp3) is 0.500. The van der Waals surface area contributed by atoms with E-state index in [-0.39, 0.29) is 0 Å². The van der Waals surface area contributed by atoms with E-state index in [0.29, 0.717) is 6.04 Å². The van der Waals surface area contributed by atoms with Gasteiger partial charge in [-0.15, -0.1) is 0 Å². The molecule has 0 spiro atoms. The molecular formula is C20H33N. The fourth-order valence-corrected chi connectivity index (χ4v) is 2.29. The van der Waals surface area contributed by atoms with Gasteiger partial charge >= 0.3 is 0 Å². The van der Waals surface area contributed by atoms with Gasteiger partial charge in [-0.2, -0.15) is 0 Å². The first-order valence-corrected chi connectivity index (χ1v) is 7.91. The molecule has 0 aromatic carbocycles. The summed E-state index contributed by atoms with van der Waals surface area (Å²) in [4.78, 5) is 2.29. The largest absolute Gasteiger partial charge is 0.343 e. The normalized spacial score (nSPS) is 13.8. The van der Waals surface area contributed by atoms with Gasteiger partial charge in [0.05, 0.1) is 0 Å². The molecule has 0 saturated carbocycles. The van der Waals surface area contributed by atoms with Crippen LogP contribution in [0.5, 0.6) is 0 Å². The summed E-state index contributed by atoms with van der Waals surface area (Å²) in [6.45, 7) is 25.1. The van der Waals surface area contributed by atoms with Gasteiger partial charge in [-0.05, 0) is 51.7 Å². The molecule has 0 rings (SSSR count). The van der Waals surface area contributed by atoms with Crippen molar-refractivity contribution in [2.75, 3.05) is 0 Å². The van der Waals surface area contributed by atoms with Crippen molar-refractivity contribution in [1.82, 2.24) is 4.90 Å². The summed E-state index contributed by atoms with van der Waals surface area (Å²) in [6.07, 6.45) is 7.68. The van der Waals surface area contributed by atoms with Crippen LogP contribution < -0.4 is 0 Å². The van der Waals surface area contributed by atoms with Gasteiger partial charge in [0.15, 0.2) is 0 Å². The number of hydrogen-bond donors (Lipinski definition) is 0. The zero-order valence-electron chi connectivity index (χ0n) is 14.9. The zero-order chi connectivity index (χ0) is 16.6. The lowest BCUT2D eigenvalue weighted by molar-refractivity contribution is 0.293. The minimum Gasteiger partial charge on any atom is -0.343 e. The Morgan fingerprint density at radius 2 is 1.48 bits per heavy atom. The van der Waals surface area contributed by atoms with E-state index >= 15 is 0 Å². The van der Waals surface area contributed by atoms with Crippen molar-refractivity contribution in [2.24, 2.45) is 0 Å². The molecule has 0 aliphatic heterocycles. The van der Waals surface area contributed by atoms with E-state index in [0.717, 1.165) is 29.8 Å². The molecule has 0 amide bonds. The Balaban J connectivity index is 5.31. The minimum absolute atomic E-state index is 0.481. The Kier molecular flexibility index (Phi) is 8.76. The maximum atomic E-state index is 4.30. The molecule has 1 atom stereocenters. The van der Waals surface area contributed by atoms with Crippen LogP contribution in [0.1, 0.15) is 60.8 Å². The first kappa shape index (κ1) is 19.5. The van der Waals surface area contributed by atoms with Crippen molar-refractivity contribution < 1.29 is 0 Å². The molecule has 21 heavy (non-hydrogen) atoms. The monoisotopic (exact) mass is 287 g/mol. The third-order valence-electron chi connectivity index (χ3n) is 3.87. The molecular weight excluding hydrogens is 254 g/mol. The molecule has 118 valence electrons. The van der Waals surface area contributed by atoms with Gasteiger partial charge in [0.2, 0.25) is 0 Å². The molecule has 0 aliphatic rings. The zero-order valence-corrected chi connectivity index (χ0v) is 14.9. The van der Waals surface area contributed by atoms with E-state index in [1.54, 1.807) is 0 Å². The van der Waals surface area contributed by atoms with Gasteiger partial charge in [0, 0.05) is 17.4 Å². The lowest BCUT2D eigenvalue weighted by Gasteiger charge is -2.35. The minimum atomic E-state index is 0.481. The Morgan fingerprint density at radius 1 is 0.952 bits per heavy atom. The van der Waals surface area contributed by atoms with E-state index in [1.807, 2.05) is 6.92 Å². The van der Waals surface area contributed by atoms with E-state index < -0.39 is 0 Å². The van der Waals surface area contributed by atoms with E-state index in [4.69, 9.17) is 0 Å². The average Bonchev–Trinajstić information content (AvgIpc) is 2.42. The quantitative estimate of drug-likeness (QED) is 0.444. The molecule has 0 aromatic rings. The standard InChI is InChI=1S/C20H33N/c1-10-12-20(11-2)21(16(5)6)19(9)18(8)14-13-17(7)15(3)4/h13-14,20H,3,5,9-12H2,1-2,4,6-8H3/b17-13+,18-14-. The Bertz CT molecular complexity index is 448. The summed E-state index contributed by atoms with van der Waals surface area (Å²) in [5.41, 5.74) is 5.58. The van der Waals surface area contributed by atoms with Gasteiger partial charge in [0.25, 0.3) is 0 Å². The Hall–Kier alpha value is -1.50. The van der Waals surface area contributed by atoms with Crippen LogP contribution >= 0.6 is 0 Å². The fourth-order valence-electron chi connectivity index (χ4n) is 2.29. The number of allylic oxidation sites excluding steroid dienone is 6. The second-order valence-electron chi connectivity index (χ2n) is 5.88. The molecule has 0 N–H and O–H groups in total. The summed E-state index contributed by atoms with van der Waals surface area (Å²) in [5, 5.41) is 0. The molecule has 0 bridgehead atoms. The molecule has 1 nitrogen and oxygen atoms in total. The number of nitrogens with zero attached hydrogens (tertiary/aromatic N) is 1. The lowest BCUT2D eigenvalue weighted by atomic mass is 10.0. The van der Waals surface area contributed by atoms with E-state index in [9.17, 15) is 0 Å². The molecule has 0 heterocycles. The van der Waals surface area contributed by atoms with Crippen LogP contribution in [0.15, 0.2) is 60.0 Å². The highest BCUT2D eigenvalue weighted by molar-refractivity contribution is 5.35. The van der Waals surface area contributed by atoms with Crippen molar-refractivity contribution in [3.8, 4) is 0 Å². The summed E-state index contributed by atoms with van der Waals surface area (Å²) in [5.74, 6) is 0. The van der Waals surface area contributed by atoms with Gasteiger partial charge in [-0.1, -0.05) is 57.7 Å². The first-order chi connectivity index (χ1) is 9.76. The van der Waals surface area contributed by atoms with Crippen LogP contribution in [0.2, 0.25) is 0 Å². The van der Waals surface area contributed by atoms with Crippen LogP contribution in [0.4, 0.5) is 0 Å². The van der Waals surface area contributed by atoms with Crippen molar-refractivity contribution >= 4 is 0 Å².